The van der Waals surface area contributed by atoms with Crippen molar-refractivity contribution < 1.29 is 23.1 Å². The average Bonchev–Trinajstić information content (AvgIpc) is 2.25. The molecule has 0 radical (unpaired) electrons. The Morgan fingerprint density at radius 1 is 1.53 bits per heavy atom. The van der Waals surface area contributed by atoms with E-state index in [1.165, 1.54) is 0 Å². The number of aliphatic hydroxyl groups is 1. The van der Waals surface area contributed by atoms with E-state index in [-0.39, 0.29) is 18.3 Å². The van der Waals surface area contributed by atoms with E-state index in [9.17, 15) is 18.0 Å². The molecule has 8 heteroatoms. The van der Waals surface area contributed by atoms with E-state index in [0.717, 1.165) is 13.0 Å². The lowest BCUT2D eigenvalue weighted by atomic mass is 9.99. The zero-order valence-electron chi connectivity index (χ0n) is 9.09. The Hall–Kier alpha value is -0.530. The number of amides is 1. The molecule has 17 heavy (non-hydrogen) atoms. The fourth-order valence-corrected chi connectivity index (χ4v) is 1.53. The summed E-state index contributed by atoms with van der Waals surface area (Å²) in [6.45, 7) is 0.529. The van der Waals surface area contributed by atoms with Gasteiger partial charge < -0.3 is 15.7 Å². The number of halogens is 4. The maximum absolute atomic E-state index is 11.9. The molecule has 0 saturated carbocycles. The Bertz CT molecular complexity index is 245. The van der Waals surface area contributed by atoms with E-state index in [1.54, 1.807) is 0 Å². The molecule has 1 fully saturated rings. The Morgan fingerprint density at radius 3 is 2.65 bits per heavy atom. The maximum atomic E-state index is 11.9. The summed E-state index contributed by atoms with van der Waals surface area (Å²) < 4.78 is 35.8. The van der Waals surface area contributed by atoms with Crippen LogP contribution in [-0.4, -0.2) is 42.9 Å². The normalized spacial score (nSPS) is 22.5. The van der Waals surface area contributed by atoms with Gasteiger partial charge in [-0.3, -0.25) is 4.79 Å². The van der Waals surface area contributed by atoms with E-state index in [4.69, 9.17) is 5.11 Å². The number of hydrogen-bond donors (Lipinski definition) is 3. The first-order chi connectivity index (χ1) is 7.41. The van der Waals surface area contributed by atoms with E-state index in [2.05, 4.69) is 10.6 Å². The number of nitrogens with one attached hydrogen (secondary N) is 2. The molecule has 1 aliphatic rings. The van der Waals surface area contributed by atoms with Crippen LogP contribution in [0.1, 0.15) is 12.8 Å². The molecule has 0 spiro atoms. The van der Waals surface area contributed by atoms with Crippen molar-refractivity contribution in [1.29, 1.82) is 0 Å². The van der Waals surface area contributed by atoms with Gasteiger partial charge in [0.25, 0.3) is 0 Å². The largest absolute Gasteiger partial charge is 0.416 e. The van der Waals surface area contributed by atoms with Gasteiger partial charge in [0.2, 0.25) is 5.91 Å². The van der Waals surface area contributed by atoms with Gasteiger partial charge in [-0.15, -0.1) is 12.4 Å². The highest BCUT2D eigenvalue weighted by atomic mass is 35.5. The van der Waals surface area contributed by atoms with Crippen LogP contribution in [0.25, 0.3) is 0 Å². The van der Waals surface area contributed by atoms with Gasteiger partial charge in [-0.2, -0.15) is 13.2 Å². The van der Waals surface area contributed by atoms with Crippen LogP contribution < -0.4 is 10.6 Å². The lowest BCUT2D eigenvalue weighted by Gasteiger charge is -2.23. The highest BCUT2D eigenvalue weighted by Crippen LogP contribution is 2.19. The standard InChI is InChI=1S/C9H15F3N2O2.ClH/c10-9(11,12)7(15)5-14-8(16)6-2-1-3-13-4-6;/h6-7,13,15H,1-5H2,(H,14,16);1H. The van der Waals surface area contributed by atoms with Gasteiger partial charge in [0.15, 0.2) is 6.10 Å². The molecular formula is C9H16ClF3N2O2. The van der Waals surface area contributed by atoms with Crippen LogP contribution >= 0.6 is 12.4 Å². The van der Waals surface area contributed by atoms with Crippen molar-refractivity contribution in [3.8, 4) is 0 Å². The molecule has 0 aromatic carbocycles. The van der Waals surface area contributed by atoms with Crippen molar-refractivity contribution in [2.24, 2.45) is 5.92 Å². The van der Waals surface area contributed by atoms with Crippen molar-refractivity contribution in [3.05, 3.63) is 0 Å². The summed E-state index contributed by atoms with van der Waals surface area (Å²) in [5, 5.41) is 13.8. The molecule has 0 aromatic heterocycles. The Morgan fingerprint density at radius 2 is 2.18 bits per heavy atom. The van der Waals surface area contributed by atoms with Gasteiger partial charge in [-0.1, -0.05) is 0 Å². The maximum Gasteiger partial charge on any atom is 0.416 e. The van der Waals surface area contributed by atoms with E-state index >= 15 is 0 Å². The topological polar surface area (TPSA) is 61.4 Å². The van der Waals surface area contributed by atoms with Gasteiger partial charge in [-0.25, -0.2) is 0 Å². The van der Waals surface area contributed by atoms with Crippen molar-refractivity contribution >= 4 is 18.3 Å². The summed E-state index contributed by atoms with van der Waals surface area (Å²) in [6, 6.07) is 0. The molecule has 1 saturated heterocycles. The summed E-state index contributed by atoms with van der Waals surface area (Å²) in [6.07, 6.45) is -5.67. The average molecular weight is 277 g/mol. The Labute approximate surface area is 103 Å². The van der Waals surface area contributed by atoms with Gasteiger partial charge in [0.1, 0.15) is 0 Å². The molecule has 2 atom stereocenters. The minimum atomic E-state index is -4.68. The second-order valence-corrected chi connectivity index (χ2v) is 3.85. The van der Waals surface area contributed by atoms with Crippen LogP contribution in [0.5, 0.6) is 0 Å². The molecule has 1 rings (SSSR count). The molecule has 0 aromatic rings. The fourth-order valence-electron chi connectivity index (χ4n) is 1.53. The van der Waals surface area contributed by atoms with E-state index in [0.29, 0.717) is 13.0 Å². The molecule has 102 valence electrons. The van der Waals surface area contributed by atoms with Crippen LogP contribution in [0.4, 0.5) is 13.2 Å². The second kappa shape index (κ2) is 7.03. The van der Waals surface area contributed by atoms with Crippen LogP contribution in [-0.2, 0) is 4.79 Å². The molecule has 2 unspecified atom stereocenters. The van der Waals surface area contributed by atoms with Gasteiger partial charge in [-0.05, 0) is 19.4 Å². The summed E-state index contributed by atoms with van der Waals surface area (Å²) in [4.78, 5) is 11.4. The van der Waals surface area contributed by atoms with E-state index in [1.807, 2.05) is 0 Å². The van der Waals surface area contributed by atoms with Gasteiger partial charge >= 0.3 is 6.18 Å². The number of piperidine rings is 1. The first-order valence-corrected chi connectivity index (χ1v) is 5.14. The van der Waals surface area contributed by atoms with Crippen molar-refractivity contribution in [1.82, 2.24) is 10.6 Å². The number of hydrogen-bond acceptors (Lipinski definition) is 3. The van der Waals surface area contributed by atoms with Crippen molar-refractivity contribution in [3.63, 3.8) is 0 Å². The number of aliphatic hydroxyl groups excluding tert-OH is 1. The fraction of sp³-hybridized carbons (Fsp3) is 0.889. The highest BCUT2D eigenvalue weighted by molar-refractivity contribution is 5.85. The van der Waals surface area contributed by atoms with Gasteiger partial charge in [0.05, 0.1) is 12.5 Å². The van der Waals surface area contributed by atoms with Crippen LogP contribution in [0, 0.1) is 5.92 Å². The first kappa shape index (κ1) is 16.5. The number of rotatable bonds is 3. The predicted octanol–water partition coefficient (Wildman–Crippen LogP) is 0.447. The molecule has 0 bridgehead atoms. The van der Waals surface area contributed by atoms with Crippen molar-refractivity contribution in [2.45, 2.75) is 25.1 Å². The molecule has 1 aliphatic heterocycles. The number of carbonyl (C=O) groups excluding carboxylic acids is 1. The molecule has 1 heterocycles. The Kier molecular flexibility index (Phi) is 6.81. The third-order valence-electron chi connectivity index (χ3n) is 2.52. The monoisotopic (exact) mass is 276 g/mol. The molecule has 3 N–H and O–H groups in total. The second-order valence-electron chi connectivity index (χ2n) is 3.85. The highest BCUT2D eigenvalue weighted by Gasteiger charge is 2.38. The summed E-state index contributed by atoms with van der Waals surface area (Å²) >= 11 is 0. The molecule has 1 amide bonds. The minimum absolute atomic E-state index is 0. The Balaban J connectivity index is 0.00000256. The van der Waals surface area contributed by atoms with Crippen molar-refractivity contribution in [2.75, 3.05) is 19.6 Å². The third-order valence-corrected chi connectivity index (χ3v) is 2.52. The zero-order chi connectivity index (χ0) is 12.2. The zero-order valence-corrected chi connectivity index (χ0v) is 9.90. The predicted molar refractivity (Wildman–Crippen MR) is 57.9 cm³/mol. The summed E-state index contributed by atoms with van der Waals surface area (Å²) in [5.41, 5.74) is 0. The van der Waals surface area contributed by atoms with E-state index < -0.39 is 24.7 Å². The van der Waals surface area contributed by atoms with Crippen LogP contribution in [0.2, 0.25) is 0 Å². The third kappa shape index (κ3) is 5.56. The lowest BCUT2D eigenvalue weighted by Crippen LogP contribution is -2.45. The number of alkyl halides is 3. The summed E-state index contributed by atoms with van der Waals surface area (Å²) in [7, 11) is 0. The van der Waals surface area contributed by atoms with Crippen LogP contribution in [0.3, 0.4) is 0 Å². The molecular weight excluding hydrogens is 261 g/mol. The smallest absolute Gasteiger partial charge is 0.382 e. The SMILES string of the molecule is Cl.O=C(NCC(O)C(F)(F)F)C1CCCNC1. The molecule has 0 aliphatic carbocycles. The first-order valence-electron chi connectivity index (χ1n) is 5.14. The van der Waals surface area contributed by atoms with Gasteiger partial charge in [0, 0.05) is 6.54 Å². The molecule has 4 nitrogen and oxygen atoms in total. The van der Waals surface area contributed by atoms with Crippen LogP contribution in [0.15, 0.2) is 0 Å². The number of carbonyl (C=O) groups is 1. The summed E-state index contributed by atoms with van der Waals surface area (Å²) in [5.74, 6) is -0.732. The lowest BCUT2D eigenvalue weighted by molar-refractivity contribution is -0.202. The minimum Gasteiger partial charge on any atom is -0.382 e. The quantitative estimate of drug-likeness (QED) is 0.701.